The fourth-order valence-electron chi connectivity index (χ4n) is 4.12. The fraction of sp³-hybridized carbons (Fsp3) is 0.304. The van der Waals surface area contributed by atoms with Crippen LogP contribution in [0, 0.1) is 0 Å². The molecule has 1 saturated heterocycles. The molecule has 2 heterocycles. The highest BCUT2D eigenvalue weighted by atomic mass is 16.2. The molecule has 31 heavy (non-hydrogen) atoms. The number of fused-ring (bicyclic) bond motifs is 1. The number of carbonyl (C=O) groups excluding carboxylic acids is 4. The smallest absolute Gasteiger partial charge is 0.262 e. The van der Waals surface area contributed by atoms with Crippen molar-refractivity contribution in [2.24, 2.45) is 0 Å². The molecule has 8 heteroatoms. The molecule has 4 rings (SSSR count). The van der Waals surface area contributed by atoms with Crippen LogP contribution in [0.5, 0.6) is 0 Å². The van der Waals surface area contributed by atoms with E-state index in [1.807, 2.05) is 24.3 Å². The zero-order valence-electron chi connectivity index (χ0n) is 17.0. The highest BCUT2D eigenvalue weighted by Crippen LogP contribution is 2.29. The monoisotopic (exact) mass is 420 g/mol. The molecule has 0 bridgehead atoms. The number of amides is 4. The summed E-state index contributed by atoms with van der Waals surface area (Å²) in [5.74, 6) is -1.97. The van der Waals surface area contributed by atoms with Crippen LogP contribution in [0.15, 0.2) is 42.5 Å². The number of rotatable bonds is 7. The number of benzene rings is 2. The predicted octanol–water partition coefficient (Wildman–Crippen LogP) is 1.39. The number of hydrogen-bond donors (Lipinski definition) is 3. The first-order chi connectivity index (χ1) is 15.0. The van der Waals surface area contributed by atoms with Crippen LogP contribution in [0.2, 0.25) is 0 Å². The van der Waals surface area contributed by atoms with Crippen molar-refractivity contribution in [1.82, 2.24) is 15.5 Å². The summed E-state index contributed by atoms with van der Waals surface area (Å²) in [5.41, 5.74) is 9.19. The van der Waals surface area contributed by atoms with Gasteiger partial charge in [-0.1, -0.05) is 30.3 Å². The van der Waals surface area contributed by atoms with Crippen LogP contribution in [-0.2, 0) is 22.6 Å². The van der Waals surface area contributed by atoms with Crippen LogP contribution >= 0.6 is 0 Å². The number of nitrogens with one attached hydrogen (secondary N) is 2. The molecule has 4 N–H and O–H groups in total. The highest BCUT2D eigenvalue weighted by molar-refractivity contribution is 6.24. The molecule has 0 spiro atoms. The third-order valence-corrected chi connectivity index (χ3v) is 5.72. The van der Waals surface area contributed by atoms with Gasteiger partial charge in [-0.25, -0.2) is 0 Å². The molecule has 2 aliphatic heterocycles. The maximum atomic E-state index is 13.1. The molecule has 1 unspecified atom stereocenters. The first-order valence-corrected chi connectivity index (χ1v) is 10.3. The van der Waals surface area contributed by atoms with Gasteiger partial charge < -0.3 is 11.1 Å². The van der Waals surface area contributed by atoms with Gasteiger partial charge in [-0.15, -0.1) is 0 Å². The summed E-state index contributed by atoms with van der Waals surface area (Å²) < 4.78 is 0. The van der Waals surface area contributed by atoms with E-state index >= 15 is 0 Å². The Bertz CT molecular complexity index is 1070. The minimum atomic E-state index is -0.956. The van der Waals surface area contributed by atoms with Gasteiger partial charge in [0, 0.05) is 18.7 Å². The Balaban J connectivity index is 1.41. The van der Waals surface area contributed by atoms with Crippen molar-refractivity contribution in [3.8, 4) is 0 Å². The predicted molar refractivity (Wildman–Crippen MR) is 114 cm³/mol. The largest absolute Gasteiger partial charge is 0.399 e. The molecule has 0 aliphatic carbocycles. The summed E-state index contributed by atoms with van der Waals surface area (Å²) in [5, 5.41) is 5.53. The summed E-state index contributed by atoms with van der Waals surface area (Å²) in [6.45, 7) is 1.15. The molecule has 0 aromatic heterocycles. The molecule has 1 atom stereocenters. The normalized spacial score (nSPS) is 18.3. The van der Waals surface area contributed by atoms with Crippen LogP contribution in [0.3, 0.4) is 0 Å². The average Bonchev–Trinajstić information content (AvgIpc) is 3.00. The summed E-state index contributed by atoms with van der Waals surface area (Å²) >= 11 is 0. The first kappa shape index (κ1) is 20.7. The molecule has 1 fully saturated rings. The van der Waals surface area contributed by atoms with Crippen molar-refractivity contribution in [1.29, 1.82) is 0 Å². The summed E-state index contributed by atoms with van der Waals surface area (Å²) in [6, 6.07) is 11.9. The van der Waals surface area contributed by atoms with Crippen LogP contribution in [0.1, 0.15) is 51.1 Å². The van der Waals surface area contributed by atoms with Crippen molar-refractivity contribution >= 4 is 29.3 Å². The SMILES string of the molecule is Nc1ccccc1CCCNCc1cccc2c1C(=O)N(C1CCC(=O)NC1=O)C2=O. The standard InChI is InChI=1S/C23H24N4O4/c24-17-9-2-1-5-14(17)7-4-12-25-13-15-6-3-8-16-20(15)23(31)27(22(16)30)18-10-11-19(28)26-21(18)29/h1-3,5-6,8-9,18,25H,4,7,10-13,24H2,(H,26,28,29). The van der Waals surface area contributed by atoms with Gasteiger partial charge in [-0.05, 0) is 49.1 Å². The maximum Gasteiger partial charge on any atom is 0.262 e. The van der Waals surface area contributed by atoms with E-state index in [1.165, 1.54) is 0 Å². The number of anilines is 1. The van der Waals surface area contributed by atoms with Gasteiger partial charge in [-0.2, -0.15) is 0 Å². The first-order valence-electron chi connectivity index (χ1n) is 10.3. The van der Waals surface area contributed by atoms with Crippen molar-refractivity contribution in [2.75, 3.05) is 12.3 Å². The van der Waals surface area contributed by atoms with Crippen LogP contribution < -0.4 is 16.4 Å². The Morgan fingerprint density at radius 3 is 2.55 bits per heavy atom. The molecule has 4 amide bonds. The molecule has 2 aromatic carbocycles. The van der Waals surface area contributed by atoms with E-state index in [9.17, 15) is 19.2 Å². The van der Waals surface area contributed by atoms with Crippen molar-refractivity contribution in [2.45, 2.75) is 38.3 Å². The van der Waals surface area contributed by atoms with Crippen LogP contribution in [0.4, 0.5) is 5.69 Å². The number of nitrogen functional groups attached to an aromatic ring is 1. The second kappa shape index (κ2) is 8.69. The number of para-hydroxylation sites is 1. The zero-order chi connectivity index (χ0) is 22.0. The van der Waals surface area contributed by atoms with E-state index in [4.69, 9.17) is 5.73 Å². The van der Waals surface area contributed by atoms with Gasteiger partial charge in [0.15, 0.2) is 0 Å². The lowest BCUT2D eigenvalue weighted by atomic mass is 10.0. The van der Waals surface area contributed by atoms with E-state index in [2.05, 4.69) is 10.6 Å². The van der Waals surface area contributed by atoms with Gasteiger partial charge >= 0.3 is 0 Å². The Kier molecular flexibility index (Phi) is 5.81. The quantitative estimate of drug-likeness (QED) is 0.354. The number of piperidine rings is 1. The second-order valence-corrected chi connectivity index (χ2v) is 7.77. The van der Waals surface area contributed by atoms with Crippen molar-refractivity contribution < 1.29 is 19.2 Å². The molecule has 0 saturated carbocycles. The minimum Gasteiger partial charge on any atom is -0.399 e. The number of aryl methyl sites for hydroxylation is 1. The highest BCUT2D eigenvalue weighted by Gasteiger charge is 2.45. The Hall–Kier alpha value is -3.52. The third kappa shape index (κ3) is 4.06. The van der Waals surface area contributed by atoms with Gasteiger partial charge in [-0.3, -0.25) is 29.4 Å². The number of nitrogens with zero attached hydrogens (tertiary/aromatic N) is 1. The lowest BCUT2D eigenvalue weighted by Gasteiger charge is -2.27. The number of imide groups is 2. The van der Waals surface area contributed by atoms with Crippen LogP contribution in [0.25, 0.3) is 0 Å². The summed E-state index contributed by atoms with van der Waals surface area (Å²) in [6.07, 6.45) is 1.96. The summed E-state index contributed by atoms with van der Waals surface area (Å²) in [7, 11) is 0. The summed E-state index contributed by atoms with van der Waals surface area (Å²) in [4.78, 5) is 50.5. The topological polar surface area (TPSA) is 122 Å². The maximum absolute atomic E-state index is 13.1. The van der Waals surface area contributed by atoms with Gasteiger partial charge in [0.25, 0.3) is 11.8 Å². The van der Waals surface area contributed by atoms with Crippen molar-refractivity contribution in [3.63, 3.8) is 0 Å². The van der Waals surface area contributed by atoms with E-state index < -0.39 is 23.8 Å². The molecule has 160 valence electrons. The third-order valence-electron chi connectivity index (χ3n) is 5.72. The second-order valence-electron chi connectivity index (χ2n) is 7.77. The zero-order valence-corrected chi connectivity index (χ0v) is 17.0. The number of hydrogen-bond acceptors (Lipinski definition) is 6. The lowest BCUT2D eigenvalue weighted by Crippen LogP contribution is -2.54. The Labute approximate surface area is 179 Å². The van der Waals surface area contributed by atoms with E-state index in [0.717, 1.165) is 35.5 Å². The van der Waals surface area contributed by atoms with Crippen LogP contribution in [-0.4, -0.2) is 41.1 Å². The Morgan fingerprint density at radius 1 is 1.00 bits per heavy atom. The van der Waals surface area contributed by atoms with E-state index in [-0.39, 0.29) is 18.7 Å². The van der Waals surface area contributed by atoms with E-state index in [1.54, 1.807) is 18.2 Å². The molecular weight excluding hydrogens is 396 g/mol. The molecule has 0 radical (unpaired) electrons. The minimum absolute atomic E-state index is 0.101. The molecule has 8 nitrogen and oxygen atoms in total. The number of nitrogens with two attached hydrogens (primary N) is 1. The Morgan fingerprint density at radius 2 is 1.77 bits per heavy atom. The van der Waals surface area contributed by atoms with Gasteiger partial charge in [0.1, 0.15) is 6.04 Å². The van der Waals surface area contributed by atoms with Gasteiger partial charge in [0.2, 0.25) is 11.8 Å². The molecular formula is C23H24N4O4. The molecule has 2 aromatic rings. The van der Waals surface area contributed by atoms with E-state index in [0.29, 0.717) is 23.2 Å². The average molecular weight is 420 g/mol. The van der Waals surface area contributed by atoms with Crippen molar-refractivity contribution in [3.05, 3.63) is 64.7 Å². The molecule has 2 aliphatic rings. The van der Waals surface area contributed by atoms with Gasteiger partial charge in [0.05, 0.1) is 11.1 Å². The number of carbonyl (C=O) groups is 4. The lowest BCUT2D eigenvalue weighted by molar-refractivity contribution is -0.136. The fourth-order valence-corrected chi connectivity index (χ4v) is 4.12.